The zero-order chi connectivity index (χ0) is 29.9. The molecule has 2 amide bonds. The topological polar surface area (TPSA) is 98.4 Å². The van der Waals surface area contributed by atoms with Crippen LogP contribution in [0.15, 0.2) is 60.9 Å². The SMILES string of the molecule is O=C([C@@H]1CCCN(c2cccc(OC3(C(=O)N4CC[NH2+]CC4)CCCC3)c2)C1)N(Cc1ccc(-c2cn[nH]c2)cc1)C1CC1.[Cl-]. The molecule has 2 aliphatic heterocycles. The van der Waals surface area contributed by atoms with Crippen LogP contribution in [0.25, 0.3) is 11.1 Å². The summed E-state index contributed by atoms with van der Waals surface area (Å²) in [6.45, 7) is 5.79. The summed E-state index contributed by atoms with van der Waals surface area (Å²) >= 11 is 0. The van der Waals surface area contributed by atoms with Crippen molar-refractivity contribution in [3.63, 3.8) is 0 Å². The molecule has 2 aromatic carbocycles. The van der Waals surface area contributed by atoms with Crippen molar-refractivity contribution >= 4 is 17.5 Å². The number of nitrogens with two attached hydrogens (primary N) is 1. The van der Waals surface area contributed by atoms with Crippen LogP contribution in [0.1, 0.15) is 56.9 Å². The van der Waals surface area contributed by atoms with Crippen molar-refractivity contribution in [2.24, 2.45) is 5.92 Å². The number of rotatable bonds is 9. The number of piperidine rings is 1. The second-order valence-electron chi connectivity index (χ2n) is 13.1. The quantitative estimate of drug-likeness (QED) is 0.360. The van der Waals surface area contributed by atoms with E-state index in [0.717, 1.165) is 112 Å². The molecule has 10 heteroatoms. The van der Waals surface area contributed by atoms with Gasteiger partial charge in [-0.05, 0) is 74.6 Å². The van der Waals surface area contributed by atoms with E-state index < -0.39 is 5.60 Å². The fourth-order valence-corrected chi connectivity index (χ4v) is 7.35. The third-order valence-electron chi connectivity index (χ3n) is 9.97. The summed E-state index contributed by atoms with van der Waals surface area (Å²) in [7, 11) is 0. The summed E-state index contributed by atoms with van der Waals surface area (Å²) in [5.41, 5.74) is 3.66. The van der Waals surface area contributed by atoms with Crippen molar-refractivity contribution < 1.29 is 32.0 Å². The predicted octanol–water partition coefficient (Wildman–Crippen LogP) is 0.586. The fraction of sp³-hybridized carbons (Fsp3) is 0.514. The lowest BCUT2D eigenvalue weighted by Crippen LogP contribution is -3.00. The highest BCUT2D eigenvalue weighted by Crippen LogP contribution is 2.38. The van der Waals surface area contributed by atoms with Gasteiger partial charge in [-0.3, -0.25) is 14.7 Å². The molecule has 4 fully saturated rings. The summed E-state index contributed by atoms with van der Waals surface area (Å²) in [6.07, 6.45) is 11.4. The molecule has 3 heterocycles. The number of hydrogen-bond donors (Lipinski definition) is 2. The van der Waals surface area contributed by atoms with E-state index in [-0.39, 0.29) is 30.1 Å². The van der Waals surface area contributed by atoms with Crippen molar-refractivity contribution in [2.45, 2.75) is 69.6 Å². The predicted molar refractivity (Wildman–Crippen MR) is 169 cm³/mol. The van der Waals surface area contributed by atoms with E-state index >= 15 is 0 Å². The number of anilines is 1. The number of carbonyl (C=O) groups excluding carboxylic acids is 2. The second-order valence-corrected chi connectivity index (χ2v) is 13.1. The standard InChI is InChI=1S/C35H44N6O3.ClH/c42-33(41(30-12-13-30)24-26-8-10-27(11-9-26)29-22-37-38-23-29)28-5-4-18-40(25-28)31-6-3-7-32(21-31)44-35(14-1-2-15-35)34(43)39-19-16-36-17-20-39;/h3,6-11,21-23,28,30,36H,1-2,4-5,12-20,24-25H2,(H,37,38);1H/t28-;/m1./s1. The molecule has 3 aromatic rings. The van der Waals surface area contributed by atoms with E-state index in [1.54, 1.807) is 0 Å². The number of quaternary nitrogens is 1. The van der Waals surface area contributed by atoms with E-state index in [0.29, 0.717) is 19.1 Å². The van der Waals surface area contributed by atoms with E-state index in [1.807, 2.05) is 29.4 Å². The number of carbonyl (C=O) groups is 2. The number of piperazine rings is 1. The van der Waals surface area contributed by atoms with Crippen LogP contribution in [0.4, 0.5) is 5.69 Å². The molecule has 7 rings (SSSR count). The number of hydrogen-bond acceptors (Lipinski definition) is 5. The molecule has 0 spiro atoms. The van der Waals surface area contributed by atoms with Gasteiger partial charge in [0.2, 0.25) is 5.91 Å². The maximum Gasteiger partial charge on any atom is 0.267 e. The molecule has 2 saturated carbocycles. The molecule has 2 saturated heterocycles. The molecule has 2 aliphatic carbocycles. The number of aromatic nitrogens is 2. The fourth-order valence-electron chi connectivity index (χ4n) is 7.35. The van der Waals surface area contributed by atoms with E-state index in [1.165, 1.54) is 0 Å². The van der Waals surface area contributed by atoms with Gasteiger partial charge >= 0.3 is 0 Å². The summed E-state index contributed by atoms with van der Waals surface area (Å²) in [5, 5.41) is 9.20. The first kappa shape index (κ1) is 31.4. The molecular formula is C35H45ClN6O3. The van der Waals surface area contributed by atoms with Crippen molar-refractivity contribution in [1.82, 2.24) is 20.0 Å². The Morgan fingerprint density at radius 2 is 1.76 bits per heavy atom. The molecule has 3 N–H and O–H groups in total. The smallest absolute Gasteiger partial charge is 0.267 e. The van der Waals surface area contributed by atoms with Crippen molar-refractivity contribution in [2.75, 3.05) is 44.2 Å². The maximum absolute atomic E-state index is 14.0. The largest absolute Gasteiger partial charge is 1.00 e. The highest BCUT2D eigenvalue weighted by molar-refractivity contribution is 5.86. The molecular weight excluding hydrogens is 588 g/mol. The van der Waals surface area contributed by atoms with Crippen LogP contribution in [0.5, 0.6) is 5.75 Å². The first-order valence-electron chi connectivity index (χ1n) is 16.6. The molecule has 0 bridgehead atoms. The van der Waals surface area contributed by atoms with Crippen molar-refractivity contribution in [3.8, 4) is 16.9 Å². The summed E-state index contributed by atoms with van der Waals surface area (Å²) in [5.74, 6) is 1.16. The van der Waals surface area contributed by atoms with Crippen LogP contribution < -0.4 is 27.4 Å². The maximum atomic E-state index is 14.0. The molecule has 0 radical (unpaired) electrons. The monoisotopic (exact) mass is 632 g/mol. The minimum atomic E-state index is -0.752. The third kappa shape index (κ3) is 6.99. The van der Waals surface area contributed by atoms with Crippen molar-refractivity contribution in [3.05, 3.63) is 66.5 Å². The number of halogens is 1. The Labute approximate surface area is 272 Å². The van der Waals surface area contributed by atoms with Gasteiger partial charge in [0, 0.05) is 49.2 Å². The second kappa shape index (κ2) is 13.8. The lowest BCUT2D eigenvalue weighted by Gasteiger charge is -2.37. The Hall–Kier alpha value is -3.56. The van der Waals surface area contributed by atoms with Crippen LogP contribution >= 0.6 is 0 Å². The molecule has 4 aliphatic rings. The molecule has 240 valence electrons. The first-order valence-corrected chi connectivity index (χ1v) is 16.6. The Morgan fingerprint density at radius 1 is 0.978 bits per heavy atom. The molecule has 9 nitrogen and oxygen atoms in total. The Morgan fingerprint density at radius 3 is 2.47 bits per heavy atom. The Balaban J connectivity index is 0.00000357. The van der Waals surface area contributed by atoms with Crippen LogP contribution in [-0.2, 0) is 16.1 Å². The molecule has 1 aromatic heterocycles. The average Bonchev–Trinajstić information content (AvgIpc) is 3.54. The van der Waals surface area contributed by atoms with Gasteiger partial charge in [0.15, 0.2) is 5.60 Å². The van der Waals surface area contributed by atoms with Crippen LogP contribution in [0.2, 0.25) is 0 Å². The lowest BCUT2D eigenvalue weighted by molar-refractivity contribution is -0.662. The highest BCUT2D eigenvalue weighted by atomic mass is 35.5. The van der Waals surface area contributed by atoms with Gasteiger partial charge in [-0.15, -0.1) is 0 Å². The number of ether oxygens (including phenoxy) is 1. The van der Waals surface area contributed by atoms with Crippen LogP contribution in [0.3, 0.4) is 0 Å². The lowest BCUT2D eigenvalue weighted by atomic mass is 9.95. The van der Waals surface area contributed by atoms with Crippen LogP contribution in [-0.4, -0.2) is 82.7 Å². The van der Waals surface area contributed by atoms with Gasteiger partial charge in [0.1, 0.15) is 5.75 Å². The first-order chi connectivity index (χ1) is 21.6. The van der Waals surface area contributed by atoms with E-state index in [4.69, 9.17) is 4.74 Å². The number of nitrogens with zero attached hydrogens (tertiary/aromatic N) is 4. The molecule has 0 unspecified atom stereocenters. The Bertz CT molecular complexity index is 1430. The zero-order valence-electron chi connectivity index (χ0n) is 26.0. The third-order valence-corrected chi connectivity index (χ3v) is 9.97. The average molecular weight is 633 g/mol. The van der Waals surface area contributed by atoms with Gasteiger partial charge in [-0.25, -0.2) is 0 Å². The van der Waals surface area contributed by atoms with Gasteiger partial charge in [-0.1, -0.05) is 30.3 Å². The summed E-state index contributed by atoms with van der Waals surface area (Å²) in [6, 6.07) is 17.1. The minimum Gasteiger partial charge on any atom is -1.00 e. The van der Waals surface area contributed by atoms with E-state index in [9.17, 15) is 9.59 Å². The van der Waals surface area contributed by atoms with Crippen LogP contribution in [0, 0.1) is 5.92 Å². The highest BCUT2D eigenvalue weighted by Gasteiger charge is 2.46. The van der Waals surface area contributed by atoms with Gasteiger partial charge in [-0.2, -0.15) is 5.10 Å². The number of H-pyrrole nitrogens is 1. The Kier molecular flexibility index (Phi) is 9.66. The zero-order valence-corrected chi connectivity index (χ0v) is 26.8. The molecule has 1 atom stereocenters. The number of benzene rings is 2. The van der Waals surface area contributed by atoms with Gasteiger partial charge in [0.25, 0.3) is 5.91 Å². The van der Waals surface area contributed by atoms with Gasteiger partial charge < -0.3 is 37.2 Å². The number of aromatic amines is 1. The summed E-state index contributed by atoms with van der Waals surface area (Å²) < 4.78 is 6.65. The summed E-state index contributed by atoms with van der Waals surface area (Å²) in [4.78, 5) is 34.2. The van der Waals surface area contributed by atoms with Gasteiger partial charge in [0.05, 0.1) is 38.3 Å². The number of nitrogens with one attached hydrogen (secondary N) is 1. The molecule has 45 heavy (non-hydrogen) atoms. The number of amides is 2. The van der Waals surface area contributed by atoms with Crippen molar-refractivity contribution in [1.29, 1.82) is 0 Å². The normalized spacial score (nSPS) is 21.2. The van der Waals surface area contributed by atoms with E-state index in [2.05, 4.69) is 61.7 Å². The minimum absolute atomic E-state index is 0.